The molecule has 174 valence electrons. The van der Waals surface area contributed by atoms with Gasteiger partial charge in [0.25, 0.3) is 0 Å². The highest BCUT2D eigenvalue weighted by atomic mass is 32.2. The maximum Gasteiger partial charge on any atom is 0.247 e. The normalized spacial score (nSPS) is 30.9. The van der Waals surface area contributed by atoms with Crippen molar-refractivity contribution >= 4 is 33.4 Å². The van der Waals surface area contributed by atoms with E-state index in [-0.39, 0.29) is 52.8 Å². The van der Waals surface area contributed by atoms with Crippen molar-refractivity contribution in [3.63, 3.8) is 0 Å². The molecule has 2 saturated heterocycles. The topological polar surface area (TPSA) is 95.1 Å². The summed E-state index contributed by atoms with van der Waals surface area (Å²) in [6.45, 7) is 1.25. The van der Waals surface area contributed by atoms with Crippen LogP contribution in [0, 0.1) is 23.7 Å². The molecule has 0 N–H and O–H groups in total. The molecule has 1 saturated carbocycles. The summed E-state index contributed by atoms with van der Waals surface area (Å²) in [5, 5.41) is 0. The number of amides is 3. The van der Waals surface area contributed by atoms with Crippen LogP contribution in [0.3, 0.4) is 0 Å². The first-order chi connectivity index (χ1) is 15.9. The van der Waals surface area contributed by atoms with Crippen molar-refractivity contribution in [1.82, 2.24) is 9.21 Å². The van der Waals surface area contributed by atoms with Crippen LogP contribution in [0.5, 0.6) is 0 Å². The second kappa shape index (κ2) is 7.50. The molecular formula is C24H27N3O5S. The summed E-state index contributed by atoms with van der Waals surface area (Å²) < 4.78 is 27.6. The lowest BCUT2D eigenvalue weighted by Gasteiger charge is -2.26. The lowest BCUT2D eigenvalue weighted by molar-refractivity contribution is -0.143. The van der Waals surface area contributed by atoms with Crippen molar-refractivity contribution in [3.8, 4) is 0 Å². The summed E-state index contributed by atoms with van der Waals surface area (Å²) in [6.07, 6.45) is 8.28. The van der Waals surface area contributed by atoms with Crippen LogP contribution in [0.4, 0.5) is 5.69 Å². The molecule has 4 atom stereocenters. The largest absolute Gasteiger partial charge is 0.310 e. The number of nitrogens with zero attached hydrogens (tertiary/aromatic N) is 3. The molecular weight excluding hydrogens is 442 g/mol. The van der Waals surface area contributed by atoms with E-state index < -0.39 is 10.0 Å². The number of sulfonamides is 1. The Morgan fingerprint density at radius 1 is 0.939 bits per heavy atom. The number of rotatable bonds is 4. The zero-order valence-electron chi connectivity index (χ0n) is 18.4. The summed E-state index contributed by atoms with van der Waals surface area (Å²) in [6, 6.07) is 4.92. The molecule has 2 bridgehead atoms. The van der Waals surface area contributed by atoms with Crippen molar-refractivity contribution in [1.29, 1.82) is 0 Å². The van der Waals surface area contributed by atoms with Crippen molar-refractivity contribution < 1.29 is 22.8 Å². The molecule has 0 radical (unpaired) electrons. The predicted octanol–water partition coefficient (Wildman–Crippen LogP) is 1.56. The van der Waals surface area contributed by atoms with E-state index in [0.717, 1.165) is 36.1 Å². The van der Waals surface area contributed by atoms with E-state index in [0.29, 0.717) is 31.7 Å². The highest BCUT2D eigenvalue weighted by Crippen LogP contribution is 2.52. The molecule has 5 aliphatic rings. The maximum absolute atomic E-state index is 13.1. The van der Waals surface area contributed by atoms with E-state index in [4.69, 9.17) is 0 Å². The molecule has 3 aliphatic heterocycles. The van der Waals surface area contributed by atoms with Crippen LogP contribution in [0.1, 0.15) is 31.2 Å². The second-order valence-electron chi connectivity index (χ2n) is 9.81. The number of likely N-dealkylation sites (tertiary alicyclic amines) is 1. The molecule has 9 heteroatoms. The van der Waals surface area contributed by atoms with Gasteiger partial charge in [0, 0.05) is 25.3 Å². The number of allylic oxidation sites excluding steroid dienone is 2. The fourth-order valence-electron chi connectivity index (χ4n) is 6.39. The van der Waals surface area contributed by atoms with Gasteiger partial charge in [0.1, 0.15) is 6.54 Å². The monoisotopic (exact) mass is 469 g/mol. The Kier molecular flexibility index (Phi) is 4.78. The number of piperidine rings is 1. The molecule has 33 heavy (non-hydrogen) atoms. The first-order valence-electron chi connectivity index (χ1n) is 11.8. The Hall–Kier alpha value is -2.52. The summed E-state index contributed by atoms with van der Waals surface area (Å²) in [4.78, 5) is 41.9. The number of hydrogen-bond donors (Lipinski definition) is 0. The van der Waals surface area contributed by atoms with Crippen LogP contribution < -0.4 is 4.90 Å². The first-order valence-corrected chi connectivity index (χ1v) is 13.3. The lowest BCUT2D eigenvalue weighted by Crippen LogP contribution is -2.43. The Morgan fingerprint density at radius 3 is 2.27 bits per heavy atom. The number of carbonyl (C=O) groups excluding carboxylic acids is 3. The van der Waals surface area contributed by atoms with E-state index in [2.05, 4.69) is 0 Å². The van der Waals surface area contributed by atoms with Crippen LogP contribution in [0.25, 0.3) is 0 Å². The number of fused-ring (bicyclic) bond motifs is 6. The molecule has 1 aromatic carbocycles. The smallest absolute Gasteiger partial charge is 0.247 e. The fourth-order valence-corrected chi connectivity index (χ4v) is 7.96. The average Bonchev–Trinajstić information content (AvgIpc) is 3.59. The van der Waals surface area contributed by atoms with E-state index in [1.165, 1.54) is 0 Å². The molecule has 0 spiro atoms. The van der Waals surface area contributed by atoms with E-state index in [9.17, 15) is 22.8 Å². The molecule has 3 fully saturated rings. The minimum Gasteiger partial charge on any atom is -0.310 e. The van der Waals surface area contributed by atoms with Gasteiger partial charge in [0.15, 0.2) is 0 Å². The zero-order chi connectivity index (χ0) is 22.9. The van der Waals surface area contributed by atoms with Gasteiger partial charge in [0.2, 0.25) is 27.7 Å². The quantitative estimate of drug-likeness (QED) is 0.493. The minimum absolute atomic E-state index is 0.115. The van der Waals surface area contributed by atoms with Gasteiger partial charge in [-0.2, -0.15) is 4.31 Å². The van der Waals surface area contributed by atoms with E-state index in [1.807, 2.05) is 12.2 Å². The number of anilines is 1. The Labute approximate surface area is 193 Å². The van der Waals surface area contributed by atoms with Crippen LogP contribution in [-0.2, 0) is 30.8 Å². The standard InChI is InChI=1S/C24H27N3O5S/c28-20(14-27-23(29)21-16-4-5-17(12-16)22(21)24(27)30)26-11-8-15-13-18(6-7-19(15)26)33(31,32)25-9-2-1-3-10-25/h4-7,13,16-17,21-22H,1-3,8-12,14H2. The van der Waals surface area contributed by atoms with Crippen LogP contribution in [-0.4, -0.2) is 61.5 Å². The number of benzene rings is 1. The molecule has 6 rings (SSSR count). The lowest BCUT2D eigenvalue weighted by atomic mass is 9.85. The third-order valence-electron chi connectivity index (χ3n) is 8.06. The molecule has 2 aliphatic carbocycles. The highest BCUT2D eigenvalue weighted by molar-refractivity contribution is 7.89. The fraction of sp³-hybridized carbons (Fsp3) is 0.542. The number of carbonyl (C=O) groups is 3. The maximum atomic E-state index is 13.1. The van der Waals surface area contributed by atoms with Gasteiger partial charge in [-0.25, -0.2) is 8.42 Å². The Balaban J connectivity index is 1.19. The highest BCUT2D eigenvalue weighted by Gasteiger charge is 2.59. The van der Waals surface area contributed by atoms with Gasteiger partial charge in [0.05, 0.1) is 16.7 Å². The first kappa shape index (κ1) is 21.0. The van der Waals surface area contributed by atoms with Crippen molar-refractivity contribution in [2.45, 2.75) is 37.0 Å². The van der Waals surface area contributed by atoms with Crippen LogP contribution in [0.15, 0.2) is 35.2 Å². The second-order valence-corrected chi connectivity index (χ2v) is 11.8. The van der Waals surface area contributed by atoms with Gasteiger partial charge in [-0.3, -0.25) is 19.3 Å². The van der Waals surface area contributed by atoms with E-state index in [1.54, 1.807) is 27.4 Å². The third kappa shape index (κ3) is 3.12. The van der Waals surface area contributed by atoms with Gasteiger partial charge >= 0.3 is 0 Å². The summed E-state index contributed by atoms with van der Waals surface area (Å²) in [5.41, 5.74) is 1.47. The predicted molar refractivity (Wildman–Crippen MR) is 120 cm³/mol. The van der Waals surface area contributed by atoms with Gasteiger partial charge in [-0.15, -0.1) is 0 Å². The molecule has 3 amide bonds. The number of imide groups is 1. The minimum atomic E-state index is -3.54. The van der Waals surface area contributed by atoms with Gasteiger partial charge < -0.3 is 4.90 Å². The molecule has 8 nitrogen and oxygen atoms in total. The molecule has 4 unspecified atom stereocenters. The van der Waals surface area contributed by atoms with Crippen molar-refractivity contribution in [2.75, 3.05) is 31.1 Å². The van der Waals surface area contributed by atoms with Crippen molar-refractivity contribution in [3.05, 3.63) is 35.9 Å². The Morgan fingerprint density at radius 2 is 1.61 bits per heavy atom. The Bertz CT molecular complexity index is 1160. The number of hydrogen-bond acceptors (Lipinski definition) is 5. The summed E-state index contributed by atoms with van der Waals surface area (Å²) in [7, 11) is -3.54. The van der Waals surface area contributed by atoms with E-state index >= 15 is 0 Å². The van der Waals surface area contributed by atoms with Crippen molar-refractivity contribution in [2.24, 2.45) is 23.7 Å². The summed E-state index contributed by atoms with van der Waals surface area (Å²) in [5.74, 6) is -1.14. The summed E-state index contributed by atoms with van der Waals surface area (Å²) >= 11 is 0. The van der Waals surface area contributed by atoms with Gasteiger partial charge in [-0.1, -0.05) is 18.6 Å². The average molecular weight is 470 g/mol. The molecule has 0 aromatic heterocycles. The van der Waals surface area contributed by atoms with Crippen LogP contribution in [0.2, 0.25) is 0 Å². The zero-order valence-corrected chi connectivity index (χ0v) is 19.2. The SMILES string of the molecule is O=C1C2C3C=CC(C3)C2C(=O)N1CC(=O)N1CCc2cc(S(=O)(=O)N3CCCCC3)ccc21. The van der Waals surface area contributed by atoms with Gasteiger partial charge in [-0.05, 0) is 61.3 Å². The molecule has 3 heterocycles. The van der Waals surface area contributed by atoms with Crippen LogP contribution >= 0.6 is 0 Å². The third-order valence-corrected chi connectivity index (χ3v) is 9.95. The molecule has 1 aromatic rings.